The Hall–Kier alpha value is -2.73. The van der Waals surface area contributed by atoms with Crippen molar-refractivity contribution >= 4 is 11.6 Å². The monoisotopic (exact) mass is 371 g/mol. The van der Waals surface area contributed by atoms with E-state index in [-0.39, 0.29) is 11.9 Å². The molecule has 0 fully saturated rings. The number of ether oxygens (including phenoxy) is 3. The molecule has 1 aliphatic heterocycles. The number of fused-ring (bicyclic) bond motifs is 1. The van der Waals surface area contributed by atoms with Crippen LogP contribution in [0.3, 0.4) is 0 Å². The van der Waals surface area contributed by atoms with Crippen LogP contribution in [-0.2, 0) is 11.3 Å². The Bertz CT molecular complexity index is 776. The van der Waals surface area contributed by atoms with E-state index in [4.69, 9.17) is 14.2 Å². The summed E-state index contributed by atoms with van der Waals surface area (Å²) in [5, 5.41) is 2.97. The Kier molecular flexibility index (Phi) is 6.19. The molecule has 144 valence electrons. The highest BCUT2D eigenvalue weighted by atomic mass is 16.6. The van der Waals surface area contributed by atoms with Gasteiger partial charge in [0.2, 0.25) is 0 Å². The number of carbonyl (C=O) groups is 1. The number of benzene rings is 2. The van der Waals surface area contributed by atoms with Crippen molar-refractivity contribution < 1.29 is 23.9 Å². The molecule has 0 saturated heterocycles. The molecule has 0 saturated carbocycles. The lowest BCUT2D eigenvalue weighted by Gasteiger charge is -2.22. The smallest absolute Gasteiger partial charge is 0.282 e. The summed E-state index contributed by atoms with van der Waals surface area (Å²) in [6.07, 6.45) is 0. The summed E-state index contributed by atoms with van der Waals surface area (Å²) in [5.41, 5.74) is 1.87. The van der Waals surface area contributed by atoms with Crippen LogP contribution in [0.1, 0.15) is 19.4 Å². The summed E-state index contributed by atoms with van der Waals surface area (Å²) < 4.78 is 16.5. The first-order valence-corrected chi connectivity index (χ1v) is 9.31. The van der Waals surface area contributed by atoms with Crippen LogP contribution in [-0.4, -0.2) is 38.8 Å². The van der Waals surface area contributed by atoms with Gasteiger partial charge in [-0.15, -0.1) is 0 Å². The van der Waals surface area contributed by atoms with Crippen molar-refractivity contribution in [2.45, 2.75) is 26.4 Å². The molecule has 0 bridgehead atoms. The van der Waals surface area contributed by atoms with Gasteiger partial charge in [-0.25, -0.2) is 0 Å². The zero-order valence-electron chi connectivity index (χ0n) is 16.1. The predicted octanol–water partition coefficient (Wildman–Crippen LogP) is 1.90. The van der Waals surface area contributed by atoms with E-state index in [1.807, 2.05) is 57.3 Å². The second-order valence-corrected chi connectivity index (χ2v) is 6.67. The number of hydrogen-bond acceptors (Lipinski definition) is 4. The molecule has 1 amide bonds. The predicted molar refractivity (Wildman–Crippen MR) is 104 cm³/mol. The van der Waals surface area contributed by atoms with Gasteiger partial charge >= 0.3 is 0 Å². The zero-order valence-corrected chi connectivity index (χ0v) is 16.1. The molecule has 0 aromatic heterocycles. The number of rotatable bonds is 7. The Morgan fingerprint density at radius 3 is 2.56 bits per heavy atom. The lowest BCUT2D eigenvalue weighted by molar-refractivity contribution is -0.907. The first-order chi connectivity index (χ1) is 13.1. The molecule has 1 aliphatic rings. The molecule has 2 atom stereocenters. The first kappa shape index (κ1) is 19.0. The molecule has 0 radical (unpaired) electrons. The van der Waals surface area contributed by atoms with Crippen molar-refractivity contribution in [2.75, 3.05) is 32.2 Å². The summed E-state index contributed by atoms with van der Waals surface area (Å²) >= 11 is 0. The maximum atomic E-state index is 12.6. The number of amides is 1. The molecule has 1 heterocycles. The molecule has 2 aromatic carbocycles. The second-order valence-electron chi connectivity index (χ2n) is 6.67. The molecule has 6 heteroatoms. The minimum atomic E-state index is -0.204. The van der Waals surface area contributed by atoms with Gasteiger partial charge in [0, 0.05) is 17.3 Å². The molecular weight excluding hydrogens is 344 g/mol. The molecule has 2 aromatic rings. The number of carbonyl (C=O) groups excluding carboxylic acids is 1. The second kappa shape index (κ2) is 8.77. The van der Waals surface area contributed by atoms with Gasteiger partial charge in [-0.2, -0.15) is 0 Å². The minimum absolute atomic E-state index is 0.0323. The first-order valence-electron chi connectivity index (χ1n) is 9.31. The molecular formula is C21H27N2O4+. The van der Waals surface area contributed by atoms with E-state index in [2.05, 4.69) is 5.32 Å². The van der Waals surface area contributed by atoms with Gasteiger partial charge in [0.05, 0.1) is 13.7 Å². The average molecular weight is 371 g/mol. The standard InChI is InChI=1S/C21H26N2O4/c1-4-25-18-8-5-16(6-9-18)14-23(3)15(2)21(24)22-17-7-10-19-20(13-17)27-12-11-26-19/h5-10,13,15H,4,11-12,14H2,1-3H3,(H,22,24)/p+1/t15-/m1/s1. The van der Waals surface area contributed by atoms with Crippen LogP contribution in [0.15, 0.2) is 42.5 Å². The van der Waals surface area contributed by atoms with Crippen LogP contribution in [0, 0.1) is 0 Å². The lowest BCUT2D eigenvalue weighted by Crippen LogP contribution is -3.12. The number of hydrogen-bond donors (Lipinski definition) is 2. The third kappa shape index (κ3) is 4.92. The topological polar surface area (TPSA) is 61.2 Å². The van der Waals surface area contributed by atoms with Crippen LogP contribution < -0.4 is 24.4 Å². The van der Waals surface area contributed by atoms with Crippen molar-refractivity contribution in [3.63, 3.8) is 0 Å². The maximum Gasteiger partial charge on any atom is 0.282 e. The van der Waals surface area contributed by atoms with Gasteiger partial charge in [-0.3, -0.25) is 4.79 Å². The van der Waals surface area contributed by atoms with Crippen LogP contribution >= 0.6 is 0 Å². The fourth-order valence-electron chi connectivity index (χ4n) is 2.94. The van der Waals surface area contributed by atoms with Crippen molar-refractivity contribution in [3.05, 3.63) is 48.0 Å². The summed E-state index contributed by atoms with van der Waals surface area (Å²) in [6.45, 7) is 6.37. The summed E-state index contributed by atoms with van der Waals surface area (Å²) in [7, 11) is 2.02. The average Bonchev–Trinajstić information content (AvgIpc) is 2.69. The molecule has 0 aliphatic carbocycles. The fourth-order valence-corrected chi connectivity index (χ4v) is 2.94. The van der Waals surface area contributed by atoms with Crippen molar-refractivity contribution in [1.29, 1.82) is 0 Å². The van der Waals surface area contributed by atoms with E-state index in [9.17, 15) is 4.79 Å². The third-order valence-electron chi connectivity index (χ3n) is 4.66. The Labute approximate surface area is 160 Å². The third-order valence-corrected chi connectivity index (χ3v) is 4.66. The Morgan fingerprint density at radius 1 is 1.15 bits per heavy atom. The molecule has 1 unspecified atom stereocenters. The van der Waals surface area contributed by atoms with E-state index in [0.29, 0.717) is 37.0 Å². The highest BCUT2D eigenvalue weighted by molar-refractivity contribution is 5.93. The van der Waals surface area contributed by atoms with Gasteiger partial charge in [0.25, 0.3) is 5.91 Å². The van der Waals surface area contributed by atoms with E-state index in [1.54, 1.807) is 6.07 Å². The van der Waals surface area contributed by atoms with Crippen LogP contribution in [0.25, 0.3) is 0 Å². The molecule has 0 spiro atoms. The van der Waals surface area contributed by atoms with Crippen molar-refractivity contribution in [1.82, 2.24) is 0 Å². The van der Waals surface area contributed by atoms with E-state index in [0.717, 1.165) is 22.8 Å². The van der Waals surface area contributed by atoms with Gasteiger partial charge in [0.15, 0.2) is 17.5 Å². The molecule has 6 nitrogen and oxygen atoms in total. The van der Waals surface area contributed by atoms with E-state index in [1.165, 1.54) is 0 Å². The zero-order chi connectivity index (χ0) is 19.2. The molecule has 2 N–H and O–H groups in total. The molecule has 3 rings (SSSR count). The summed E-state index contributed by atoms with van der Waals surface area (Å²) in [4.78, 5) is 13.7. The summed E-state index contributed by atoms with van der Waals surface area (Å²) in [6, 6.07) is 13.3. The highest BCUT2D eigenvalue weighted by Crippen LogP contribution is 2.32. The SMILES string of the molecule is CCOc1ccc(C[NH+](C)[C@H](C)C(=O)Nc2ccc3c(c2)OCCO3)cc1. The highest BCUT2D eigenvalue weighted by Gasteiger charge is 2.23. The van der Waals surface area contributed by atoms with Crippen LogP contribution in [0.4, 0.5) is 5.69 Å². The normalized spacial score (nSPS) is 14.9. The van der Waals surface area contributed by atoms with Crippen LogP contribution in [0.5, 0.6) is 17.2 Å². The Balaban J connectivity index is 1.57. The number of likely N-dealkylation sites (N-methyl/N-ethyl adjacent to an activating group) is 1. The quantitative estimate of drug-likeness (QED) is 0.780. The Morgan fingerprint density at radius 2 is 1.85 bits per heavy atom. The lowest BCUT2D eigenvalue weighted by atomic mass is 10.1. The van der Waals surface area contributed by atoms with Gasteiger partial charge in [0.1, 0.15) is 25.5 Å². The number of nitrogens with one attached hydrogen (secondary N) is 2. The molecule has 27 heavy (non-hydrogen) atoms. The number of quaternary nitrogens is 1. The number of anilines is 1. The fraction of sp³-hybridized carbons (Fsp3) is 0.381. The van der Waals surface area contributed by atoms with E-state index >= 15 is 0 Å². The van der Waals surface area contributed by atoms with Gasteiger partial charge in [-0.1, -0.05) is 0 Å². The van der Waals surface area contributed by atoms with Gasteiger partial charge in [-0.05, 0) is 50.2 Å². The van der Waals surface area contributed by atoms with Crippen LogP contribution in [0.2, 0.25) is 0 Å². The minimum Gasteiger partial charge on any atom is -0.494 e. The van der Waals surface area contributed by atoms with Crippen molar-refractivity contribution in [2.24, 2.45) is 0 Å². The summed E-state index contributed by atoms with van der Waals surface area (Å²) in [5.74, 6) is 2.21. The maximum absolute atomic E-state index is 12.6. The largest absolute Gasteiger partial charge is 0.494 e. The van der Waals surface area contributed by atoms with E-state index < -0.39 is 0 Å². The van der Waals surface area contributed by atoms with Crippen molar-refractivity contribution in [3.8, 4) is 17.2 Å². The van der Waals surface area contributed by atoms with Gasteiger partial charge < -0.3 is 24.4 Å².